The minimum atomic E-state index is -0.187. The number of nitrogen functional groups attached to an aromatic ring is 1. The average molecular weight is 246 g/mol. The molecule has 0 aliphatic rings. The van der Waals surface area contributed by atoms with Crippen LogP contribution < -0.4 is 16.8 Å². The first-order chi connectivity index (χ1) is 8.58. The fraction of sp³-hybridized carbons (Fsp3) is 0.273. The van der Waals surface area contributed by atoms with Crippen molar-refractivity contribution in [2.45, 2.75) is 20.4 Å². The summed E-state index contributed by atoms with van der Waals surface area (Å²) in [6.07, 6.45) is 0. The van der Waals surface area contributed by atoms with Gasteiger partial charge in [-0.1, -0.05) is 0 Å². The maximum atomic E-state index is 11.6. The normalized spacial score (nSPS) is 10.4. The van der Waals surface area contributed by atoms with Crippen LogP contribution in [0.2, 0.25) is 0 Å². The molecule has 0 saturated carbocycles. The largest absolute Gasteiger partial charge is 0.308 e. The molecule has 0 saturated heterocycles. The highest BCUT2D eigenvalue weighted by atomic mass is 16.1. The van der Waals surface area contributed by atoms with E-state index >= 15 is 0 Å². The van der Waals surface area contributed by atoms with Crippen LogP contribution in [-0.4, -0.2) is 19.7 Å². The smallest absolute Gasteiger partial charge is 0.267 e. The summed E-state index contributed by atoms with van der Waals surface area (Å²) in [6, 6.07) is 4.86. The fourth-order valence-electron chi connectivity index (χ4n) is 1.57. The highest BCUT2D eigenvalue weighted by molar-refractivity contribution is 5.33. The summed E-state index contributed by atoms with van der Waals surface area (Å²) >= 11 is 0. The molecule has 94 valence electrons. The van der Waals surface area contributed by atoms with E-state index in [4.69, 9.17) is 5.84 Å². The lowest BCUT2D eigenvalue weighted by Crippen LogP contribution is -2.24. The van der Waals surface area contributed by atoms with E-state index in [1.165, 1.54) is 10.7 Å². The summed E-state index contributed by atoms with van der Waals surface area (Å²) in [6.45, 7) is 3.87. The summed E-state index contributed by atoms with van der Waals surface area (Å²) in [5, 5.41) is 4.13. The Bertz CT molecular complexity index is 621. The van der Waals surface area contributed by atoms with Crippen molar-refractivity contribution in [3.63, 3.8) is 0 Å². The molecule has 0 aromatic carbocycles. The molecule has 7 heteroatoms. The number of nitrogens with zero attached hydrogens (tertiary/aromatic N) is 4. The number of hydrazine groups is 1. The van der Waals surface area contributed by atoms with E-state index in [9.17, 15) is 4.79 Å². The summed E-state index contributed by atoms with van der Waals surface area (Å²) in [4.78, 5) is 20.0. The molecule has 2 aromatic heterocycles. The van der Waals surface area contributed by atoms with Crippen molar-refractivity contribution in [1.29, 1.82) is 0 Å². The van der Waals surface area contributed by atoms with Crippen LogP contribution in [-0.2, 0) is 6.54 Å². The second kappa shape index (κ2) is 4.92. The Hall–Kier alpha value is -2.28. The Morgan fingerprint density at radius 3 is 2.78 bits per heavy atom. The quantitative estimate of drug-likeness (QED) is 0.583. The van der Waals surface area contributed by atoms with Crippen LogP contribution >= 0.6 is 0 Å². The lowest BCUT2D eigenvalue weighted by molar-refractivity contribution is 0.604. The van der Waals surface area contributed by atoms with Gasteiger partial charge in [0.15, 0.2) is 5.82 Å². The van der Waals surface area contributed by atoms with E-state index in [1.54, 1.807) is 12.1 Å². The van der Waals surface area contributed by atoms with Crippen molar-refractivity contribution < 1.29 is 0 Å². The lowest BCUT2D eigenvalue weighted by atomic mass is 10.4. The van der Waals surface area contributed by atoms with Gasteiger partial charge in [0.25, 0.3) is 5.56 Å². The predicted octanol–water partition coefficient (Wildman–Crippen LogP) is -0.0160. The van der Waals surface area contributed by atoms with Gasteiger partial charge >= 0.3 is 0 Å². The number of rotatable bonds is 3. The van der Waals surface area contributed by atoms with Gasteiger partial charge in [-0.05, 0) is 19.9 Å². The highest BCUT2D eigenvalue weighted by Gasteiger charge is 2.05. The Balaban J connectivity index is 2.36. The summed E-state index contributed by atoms with van der Waals surface area (Å²) in [5.74, 6) is 6.31. The van der Waals surface area contributed by atoms with E-state index in [0.717, 1.165) is 11.4 Å². The molecule has 0 amide bonds. The van der Waals surface area contributed by atoms with Gasteiger partial charge in [-0.2, -0.15) is 5.10 Å². The molecule has 2 heterocycles. The zero-order valence-corrected chi connectivity index (χ0v) is 10.2. The van der Waals surface area contributed by atoms with Gasteiger partial charge in [-0.15, -0.1) is 0 Å². The first-order valence-electron chi connectivity index (χ1n) is 5.44. The third-order valence-corrected chi connectivity index (χ3v) is 2.34. The predicted molar refractivity (Wildman–Crippen MR) is 66.9 cm³/mol. The standard InChI is InChI=1S/C11H14N6O/c1-7-3-4-11(18)17(16-7)6-10-13-8(2)5-9(14-10)15-12/h3-5H,6,12H2,1-2H3,(H,13,14,15). The average Bonchev–Trinajstić information content (AvgIpc) is 2.33. The van der Waals surface area contributed by atoms with Gasteiger partial charge in [0, 0.05) is 17.8 Å². The van der Waals surface area contributed by atoms with Crippen molar-refractivity contribution in [2.24, 2.45) is 5.84 Å². The van der Waals surface area contributed by atoms with E-state index in [2.05, 4.69) is 20.5 Å². The number of nitrogens with two attached hydrogens (primary N) is 1. The molecule has 0 unspecified atom stereocenters. The monoisotopic (exact) mass is 246 g/mol. The van der Waals surface area contributed by atoms with Crippen molar-refractivity contribution in [3.05, 3.63) is 45.8 Å². The van der Waals surface area contributed by atoms with Crippen LogP contribution in [0, 0.1) is 13.8 Å². The van der Waals surface area contributed by atoms with Crippen LogP contribution in [0.5, 0.6) is 0 Å². The molecule has 0 radical (unpaired) electrons. The maximum absolute atomic E-state index is 11.6. The third-order valence-electron chi connectivity index (χ3n) is 2.34. The molecule has 3 N–H and O–H groups in total. The van der Waals surface area contributed by atoms with Crippen molar-refractivity contribution in [2.75, 3.05) is 5.43 Å². The van der Waals surface area contributed by atoms with Gasteiger partial charge in [-0.25, -0.2) is 20.5 Å². The summed E-state index contributed by atoms with van der Waals surface area (Å²) < 4.78 is 1.32. The maximum Gasteiger partial charge on any atom is 0.267 e. The molecule has 0 spiro atoms. The topological polar surface area (TPSA) is 98.7 Å². The number of aryl methyl sites for hydroxylation is 2. The van der Waals surface area contributed by atoms with Crippen LogP contribution in [0.25, 0.3) is 0 Å². The minimum Gasteiger partial charge on any atom is -0.308 e. The Morgan fingerprint density at radius 2 is 2.06 bits per heavy atom. The zero-order chi connectivity index (χ0) is 13.1. The number of hydrogen-bond donors (Lipinski definition) is 2. The second-order valence-electron chi connectivity index (χ2n) is 3.93. The molecule has 7 nitrogen and oxygen atoms in total. The third kappa shape index (κ3) is 2.69. The minimum absolute atomic E-state index is 0.187. The molecule has 18 heavy (non-hydrogen) atoms. The Kier molecular flexibility index (Phi) is 3.33. The van der Waals surface area contributed by atoms with E-state index in [0.29, 0.717) is 11.6 Å². The first kappa shape index (κ1) is 12.2. The van der Waals surface area contributed by atoms with Crippen molar-refractivity contribution in [3.8, 4) is 0 Å². The highest BCUT2D eigenvalue weighted by Crippen LogP contribution is 2.05. The summed E-state index contributed by atoms with van der Waals surface area (Å²) in [5.41, 5.74) is 3.81. The van der Waals surface area contributed by atoms with Crippen LogP contribution in [0.4, 0.5) is 5.82 Å². The Morgan fingerprint density at radius 1 is 1.28 bits per heavy atom. The van der Waals surface area contributed by atoms with Crippen molar-refractivity contribution in [1.82, 2.24) is 19.7 Å². The fourth-order valence-corrected chi connectivity index (χ4v) is 1.57. The van der Waals surface area contributed by atoms with E-state index in [-0.39, 0.29) is 12.1 Å². The Labute approximate surface area is 104 Å². The zero-order valence-electron chi connectivity index (χ0n) is 10.2. The second-order valence-corrected chi connectivity index (χ2v) is 3.93. The summed E-state index contributed by atoms with van der Waals surface area (Å²) in [7, 11) is 0. The number of anilines is 1. The van der Waals surface area contributed by atoms with Gasteiger partial charge in [0.2, 0.25) is 0 Å². The van der Waals surface area contributed by atoms with E-state index < -0.39 is 0 Å². The SMILES string of the molecule is Cc1cc(NN)nc(Cn2nc(C)ccc2=O)n1. The van der Waals surface area contributed by atoms with Crippen LogP contribution in [0.1, 0.15) is 17.2 Å². The molecule has 2 aromatic rings. The molecule has 0 bridgehead atoms. The molecular formula is C11H14N6O. The van der Waals surface area contributed by atoms with Gasteiger partial charge in [0.1, 0.15) is 12.4 Å². The molecular weight excluding hydrogens is 232 g/mol. The van der Waals surface area contributed by atoms with E-state index in [1.807, 2.05) is 13.8 Å². The van der Waals surface area contributed by atoms with Gasteiger partial charge in [0.05, 0.1) is 5.69 Å². The lowest BCUT2D eigenvalue weighted by Gasteiger charge is -2.07. The first-order valence-corrected chi connectivity index (χ1v) is 5.44. The molecule has 0 fully saturated rings. The molecule has 0 aliphatic heterocycles. The van der Waals surface area contributed by atoms with Crippen LogP contribution in [0.15, 0.2) is 23.0 Å². The van der Waals surface area contributed by atoms with Gasteiger partial charge < -0.3 is 5.43 Å². The molecule has 0 atom stereocenters. The number of aromatic nitrogens is 4. The number of hydrogen-bond acceptors (Lipinski definition) is 6. The van der Waals surface area contributed by atoms with Gasteiger partial charge in [-0.3, -0.25) is 4.79 Å². The number of nitrogens with one attached hydrogen (secondary N) is 1. The van der Waals surface area contributed by atoms with Crippen LogP contribution in [0.3, 0.4) is 0 Å². The molecule has 0 aliphatic carbocycles. The van der Waals surface area contributed by atoms with Crippen molar-refractivity contribution >= 4 is 5.82 Å². The molecule has 2 rings (SSSR count).